The Kier molecular flexibility index (Phi) is 4.13. The van der Waals surface area contributed by atoms with E-state index in [1.165, 1.54) is 0 Å². The Labute approximate surface area is 114 Å². The maximum Gasteiger partial charge on any atom is 0.311 e. The molecule has 2 fully saturated rings. The van der Waals surface area contributed by atoms with Crippen LogP contribution in [0.2, 0.25) is 0 Å². The molecule has 2 rings (SSSR count). The number of likely N-dealkylation sites (tertiary alicyclic amines) is 1. The third-order valence-electron chi connectivity index (χ3n) is 4.73. The van der Waals surface area contributed by atoms with Gasteiger partial charge >= 0.3 is 5.97 Å². The molecule has 0 radical (unpaired) electrons. The smallest absolute Gasteiger partial charge is 0.311 e. The topological polar surface area (TPSA) is 83.6 Å². The first kappa shape index (κ1) is 14.3. The van der Waals surface area contributed by atoms with Gasteiger partial charge in [-0.05, 0) is 25.7 Å². The molecule has 0 aromatic rings. The third-order valence-corrected chi connectivity index (χ3v) is 4.73. The molecule has 1 aliphatic carbocycles. The maximum atomic E-state index is 12.4. The highest BCUT2D eigenvalue weighted by Gasteiger charge is 2.47. The number of rotatable bonds is 4. The Bertz CT molecular complexity index is 372. The van der Waals surface area contributed by atoms with Crippen molar-refractivity contribution in [2.45, 2.75) is 51.5 Å². The molecule has 3 N–H and O–H groups in total. The first-order valence-electron chi connectivity index (χ1n) is 7.28. The third kappa shape index (κ3) is 2.61. The molecule has 1 saturated heterocycles. The summed E-state index contributed by atoms with van der Waals surface area (Å²) in [5.41, 5.74) is 5.24. The summed E-state index contributed by atoms with van der Waals surface area (Å²) in [4.78, 5) is 25.7. The summed E-state index contributed by atoms with van der Waals surface area (Å²) in [6.45, 7) is 2.91. The second-order valence-electron chi connectivity index (χ2n) is 6.05. The van der Waals surface area contributed by atoms with Crippen molar-refractivity contribution in [3.05, 3.63) is 0 Å². The van der Waals surface area contributed by atoms with Crippen molar-refractivity contribution < 1.29 is 14.7 Å². The number of hydrogen-bond acceptors (Lipinski definition) is 3. The van der Waals surface area contributed by atoms with Gasteiger partial charge in [0.15, 0.2) is 0 Å². The highest BCUT2D eigenvalue weighted by atomic mass is 16.4. The van der Waals surface area contributed by atoms with Gasteiger partial charge in [-0.15, -0.1) is 0 Å². The second-order valence-corrected chi connectivity index (χ2v) is 6.05. The lowest BCUT2D eigenvalue weighted by Crippen LogP contribution is -2.42. The maximum absolute atomic E-state index is 12.4. The normalized spacial score (nSPS) is 34.7. The Morgan fingerprint density at radius 3 is 2.68 bits per heavy atom. The lowest BCUT2D eigenvalue weighted by atomic mass is 9.83. The van der Waals surface area contributed by atoms with Crippen LogP contribution in [0.3, 0.4) is 0 Å². The van der Waals surface area contributed by atoms with Gasteiger partial charge in [0, 0.05) is 19.1 Å². The summed E-state index contributed by atoms with van der Waals surface area (Å²) in [7, 11) is 0. The molecule has 2 aliphatic rings. The Morgan fingerprint density at radius 1 is 1.42 bits per heavy atom. The zero-order chi connectivity index (χ0) is 14.0. The minimum atomic E-state index is -0.764. The lowest BCUT2D eigenvalue weighted by molar-refractivity contribution is -0.149. The van der Waals surface area contributed by atoms with Crippen molar-refractivity contribution in [2.24, 2.45) is 17.1 Å². The molecule has 3 unspecified atom stereocenters. The molecule has 3 atom stereocenters. The minimum Gasteiger partial charge on any atom is -0.481 e. The molecule has 1 heterocycles. The number of amides is 1. The first-order chi connectivity index (χ1) is 9.00. The molecule has 5 nitrogen and oxygen atoms in total. The van der Waals surface area contributed by atoms with Gasteiger partial charge in [0.2, 0.25) is 5.91 Å². The SMILES string of the molecule is CCCC1(C(=O)O)CCN(C(=O)C2CCCC2N)C1. The largest absolute Gasteiger partial charge is 0.481 e. The average Bonchev–Trinajstić information content (AvgIpc) is 2.96. The summed E-state index contributed by atoms with van der Waals surface area (Å²) in [6.07, 6.45) is 4.81. The van der Waals surface area contributed by atoms with E-state index in [0.717, 1.165) is 25.7 Å². The Balaban J connectivity index is 2.04. The van der Waals surface area contributed by atoms with Crippen molar-refractivity contribution in [3.8, 4) is 0 Å². The molecule has 108 valence electrons. The van der Waals surface area contributed by atoms with Gasteiger partial charge in [0.25, 0.3) is 0 Å². The van der Waals surface area contributed by atoms with Crippen LogP contribution >= 0.6 is 0 Å². The molecule has 5 heteroatoms. The van der Waals surface area contributed by atoms with Gasteiger partial charge in [0.1, 0.15) is 0 Å². The van der Waals surface area contributed by atoms with Crippen LogP contribution in [-0.2, 0) is 9.59 Å². The molecule has 0 bridgehead atoms. The fourth-order valence-electron chi connectivity index (χ4n) is 3.55. The fourth-order valence-corrected chi connectivity index (χ4v) is 3.55. The van der Waals surface area contributed by atoms with E-state index in [9.17, 15) is 14.7 Å². The quantitative estimate of drug-likeness (QED) is 0.803. The van der Waals surface area contributed by atoms with Crippen LogP contribution in [0.1, 0.15) is 45.4 Å². The standard InChI is InChI=1S/C14H24N2O3/c1-2-6-14(13(18)19)7-8-16(9-14)12(17)10-4-3-5-11(10)15/h10-11H,2-9,15H2,1H3,(H,18,19). The average molecular weight is 268 g/mol. The number of carbonyl (C=O) groups excluding carboxylic acids is 1. The summed E-state index contributed by atoms with van der Waals surface area (Å²) in [5, 5.41) is 9.45. The molecular formula is C14H24N2O3. The molecule has 0 aromatic carbocycles. The van der Waals surface area contributed by atoms with Crippen LogP contribution in [0.15, 0.2) is 0 Å². The highest BCUT2D eigenvalue weighted by molar-refractivity contribution is 5.83. The summed E-state index contributed by atoms with van der Waals surface area (Å²) in [6, 6.07) is -0.0431. The van der Waals surface area contributed by atoms with Crippen LogP contribution in [-0.4, -0.2) is 41.0 Å². The molecular weight excluding hydrogens is 244 g/mol. The number of carboxylic acid groups (broad SMARTS) is 1. The molecule has 1 aliphatic heterocycles. The van der Waals surface area contributed by atoms with E-state index in [2.05, 4.69) is 0 Å². The predicted octanol–water partition coefficient (Wildman–Crippen LogP) is 1.22. The summed E-state index contributed by atoms with van der Waals surface area (Å²) in [5.74, 6) is -0.782. The van der Waals surface area contributed by atoms with Crippen LogP contribution in [0.25, 0.3) is 0 Å². The number of nitrogens with two attached hydrogens (primary N) is 1. The van der Waals surface area contributed by atoms with Gasteiger partial charge in [-0.1, -0.05) is 19.8 Å². The summed E-state index contributed by atoms with van der Waals surface area (Å²) >= 11 is 0. The number of hydrogen-bond donors (Lipinski definition) is 2. The fraction of sp³-hybridized carbons (Fsp3) is 0.857. The van der Waals surface area contributed by atoms with E-state index in [-0.39, 0.29) is 17.9 Å². The number of nitrogens with zero attached hydrogens (tertiary/aromatic N) is 1. The van der Waals surface area contributed by atoms with E-state index in [0.29, 0.717) is 25.9 Å². The summed E-state index contributed by atoms with van der Waals surface area (Å²) < 4.78 is 0. The van der Waals surface area contributed by atoms with Crippen LogP contribution in [0.4, 0.5) is 0 Å². The van der Waals surface area contributed by atoms with E-state index >= 15 is 0 Å². The van der Waals surface area contributed by atoms with E-state index in [1.807, 2.05) is 6.92 Å². The number of carbonyl (C=O) groups is 2. The highest BCUT2D eigenvalue weighted by Crippen LogP contribution is 2.37. The zero-order valence-electron chi connectivity index (χ0n) is 11.6. The Morgan fingerprint density at radius 2 is 2.16 bits per heavy atom. The van der Waals surface area contributed by atoms with Gasteiger partial charge < -0.3 is 15.7 Å². The second kappa shape index (κ2) is 5.49. The van der Waals surface area contributed by atoms with Gasteiger partial charge in [-0.2, -0.15) is 0 Å². The monoisotopic (exact) mass is 268 g/mol. The van der Waals surface area contributed by atoms with E-state index in [1.54, 1.807) is 4.90 Å². The van der Waals surface area contributed by atoms with Crippen LogP contribution in [0.5, 0.6) is 0 Å². The van der Waals surface area contributed by atoms with E-state index in [4.69, 9.17) is 5.73 Å². The Hall–Kier alpha value is -1.10. The predicted molar refractivity (Wildman–Crippen MR) is 71.5 cm³/mol. The minimum absolute atomic E-state index is 0.0431. The first-order valence-corrected chi connectivity index (χ1v) is 7.28. The van der Waals surface area contributed by atoms with Crippen molar-refractivity contribution in [1.82, 2.24) is 4.90 Å². The molecule has 0 aromatic heterocycles. The lowest BCUT2D eigenvalue weighted by Gasteiger charge is -2.26. The van der Waals surface area contributed by atoms with Crippen molar-refractivity contribution >= 4 is 11.9 Å². The van der Waals surface area contributed by atoms with Gasteiger partial charge in [-0.3, -0.25) is 9.59 Å². The molecule has 1 amide bonds. The number of carboxylic acids is 1. The molecule has 0 spiro atoms. The van der Waals surface area contributed by atoms with Gasteiger partial charge in [0.05, 0.1) is 11.3 Å². The molecule has 19 heavy (non-hydrogen) atoms. The zero-order valence-corrected chi connectivity index (χ0v) is 11.6. The molecule has 1 saturated carbocycles. The van der Waals surface area contributed by atoms with Gasteiger partial charge in [-0.25, -0.2) is 0 Å². The van der Waals surface area contributed by atoms with E-state index < -0.39 is 11.4 Å². The van der Waals surface area contributed by atoms with Crippen molar-refractivity contribution in [1.29, 1.82) is 0 Å². The van der Waals surface area contributed by atoms with Crippen LogP contribution < -0.4 is 5.73 Å². The van der Waals surface area contributed by atoms with Crippen molar-refractivity contribution in [2.75, 3.05) is 13.1 Å². The van der Waals surface area contributed by atoms with Crippen LogP contribution in [0, 0.1) is 11.3 Å². The number of aliphatic carboxylic acids is 1. The van der Waals surface area contributed by atoms with Crippen molar-refractivity contribution in [3.63, 3.8) is 0 Å².